The minimum atomic E-state index is -1.28. The summed E-state index contributed by atoms with van der Waals surface area (Å²) in [4.78, 5) is 15.6. The number of rotatable bonds is 4. The number of hydrogen-bond acceptors (Lipinski definition) is 6. The third-order valence-corrected chi connectivity index (χ3v) is 6.88. The van der Waals surface area contributed by atoms with E-state index >= 15 is 0 Å². The monoisotopic (exact) mass is 438 g/mol. The van der Waals surface area contributed by atoms with Gasteiger partial charge in [0.25, 0.3) is 0 Å². The highest BCUT2D eigenvalue weighted by molar-refractivity contribution is 7.99. The molecular formula is C20H27FN4O2S2. The van der Waals surface area contributed by atoms with Crippen molar-refractivity contribution in [3.05, 3.63) is 39.5 Å². The Kier molecular flexibility index (Phi) is 6.24. The topological polar surface area (TPSA) is 114 Å². The molecule has 0 unspecified atom stereocenters. The standard InChI is InChI=1S/C13H16FN3O.C7H11NOS2/c1-7-10(17-12(15)18)8-3-2-4-9(8)16-11(7)13(14)5-6-13;1-7(2,9)5-3-6(11-8)10-4-5/h2-6H2,1H3,(H3,15,16,17,18);3-4,9H,8H2,1-2H3. The van der Waals surface area contributed by atoms with Crippen molar-refractivity contribution in [1.82, 2.24) is 4.98 Å². The van der Waals surface area contributed by atoms with E-state index in [0.29, 0.717) is 24.2 Å². The van der Waals surface area contributed by atoms with Gasteiger partial charge in [-0.1, -0.05) is 0 Å². The number of fused-ring (bicyclic) bond motifs is 1. The van der Waals surface area contributed by atoms with Crippen LogP contribution in [-0.2, 0) is 24.1 Å². The highest BCUT2D eigenvalue weighted by Gasteiger charge is 2.48. The van der Waals surface area contributed by atoms with E-state index in [4.69, 9.17) is 10.9 Å². The zero-order valence-corrected chi connectivity index (χ0v) is 18.5. The van der Waals surface area contributed by atoms with Crippen LogP contribution in [0.1, 0.15) is 61.2 Å². The largest absolute Gasteiger partial charge is 0.386 e. The molecular weight excluding hydrogens is 411 g/mol. The summed E-state index contributed by atoms with van der Waals surface area (Å²) >= 11 is 2.77. The fourth-order valence-electron chi connectivity index (χ4n) is 3.46. The number of halogens is 1. The van der Waals surface area contributed by atoms with Gasteiger partial charge < -0.3 is 16.2 Å². The highest BCUT2D eigenvalue weighted by atomic mass is 32.2. The molecule has 6 N–H and O–H groups in total. The summed E-state index contributed by atoms with van der Waals surface area (Å²) in [5, 5.41) is 19.5. The van der Waals surface area contributed by atoms with Crippen LogP contribution in [0.4, 0.5) is 14.9 Å². The van der Waals surface area contributed by atoms with Gasteiger partial charge in [-0.25, -0.2) is 9.18 Å². The predicted octanol–water partition coefficient (Wildman–Crippen LogP) is 4.27. The van der Waals surface area contributed by atoms with Crippen LogP contribution in [0.2, 0.25) is 0 Å². The molecule has 2 amide bonds. The van der Waals surface area contributed by atoms with E-state index in [-0.39, 0.29) is 0 Å². The van der Waals surface area contributed by atoms with Crippen LogP contribution in [0.3, 0.4) is 0 Å². The van der Waals surface area contributed by atoms with E-state index in [1.54, 1.807) is 25.2 Å². The van der Waals surface area contributed by atoms with Crippen molar-refractivity contribution in [3.8, 4) is 0 Å². The molecule has 2 aromatic rings. The zero-order chi connectivity index (χ0) is 21.4. The van der Waals surface area contributed by atoms with Gasteiger partial charge in [-0.15, -0.1) is 11.3 Å². The Labute approximate surface area is 178 Å². The molecule has 2 aliphatic rings. The maximum Gasteiger partial charge on any atom is 0.316 e. The summed E-state index contributed by atoms with van der Waals surface area (Å²) in [6.07, 6.45) is 3.77. The number of nitrogens with zero attached hydrogens (tertiary/aromatic N) is 1. The molecule has 2 heterocycles. The minimum Gasteiger partial charge on any atom is -0.386 e. The fraction of sp³-hybridized carbons (Fsp3) is 0.500. The van der Waals surface area contributed by atoms with Gasteiger partial charge in [0.2, 0.25) is 0 Å². The normalized spacial score (nSPS) is 16.6. The Morgan fingerprint density at radius 1 is 1.41 bits per heavy atom. The Morgan fingerprint density at radius 2 is 2.10 bits per heavy atom. The molecule has 2 aromatic heterocycles. The van der Waals surface area contributed by atoms with Crippen molar-refractivity contribution in [1.29, 1.82) is 0 Å². The van der Waals surface area contributed by atoms with Gasteiger partial charge in [-0.05, 0) is 93.0 Å². The van der Waals surface area contributed by atoms with Crippen molar-refractivity contribution < 1.29 is 14.3 Å². The van der Waals surface area contributed by atoms with E-state index in [1.165, 1.54) is 11.9 Å². The van der Waals surface area contributed by atoms with Crippen molar-refractivity contribution in [2.45, 2.75) is 68.4 Å². The summed E-state index contributed by atoms with van der Waals surface area (Å²) < 4.78 is 15.3. The number of aryl methyl sites for hydroxylation is 1. The fourth-order valence-corrected chi connectivity index (χ4v) is 4.81. The van der Waals surface area contributed by atoms with Crippen LogP contribution in [0, 0.1) is 6.92 Å². The second-order valence-corrected chi connectivity index (χ2v) is 9.87. The minimum absolute atomic E-state index is 0.492. The van der Waals surface area contributed by atoms with Gasteiger partial charge in [-0.3, -0.25) is 10.1 Å². The van der Waals surface area contributed by atoms with E-state index in [1.807, 2.05) is 18.4 Å². The summed E-state index contributed by atoms with van der Waals surface area (Å²) in [6.45, 7) is 5.34. The molecule has 0 aromatic carbocycles. The third-order valence-electron chi connectivity index (χ3n) is 5.23. The van der Waals surface area contributed by atoms with Gasteiger partial charge in [0.1, 0.15) is 0 Å². The molecule has 4 rings (SSSR count). The van der Waals surface area contributed by atoms with Crippen molar-refractivity contribution in [2.75, 3.05) is 5.32 Å². The number of anilines is 1. The number of urea groups is 1. The smallest absolute Gasteiger partial charge is 0.316 e. The SMILES string of the molecule is CC(C)(O)c1csc(SN)c1.Cc1c(C2(F)CC2)nc2c(c1NC(N)=O)CCC2. The number of carbonyl (C=O) groups is 1. The number of amides is 2. The highest BCUT2D eigenvalue weighted by Crippen LogP contribution is 2.51. The first-order valence-electron chi connectivity index (χ1n) is 9.51. The van der Waals surface area contributed by atoms with Crippen LogP contribution < -0.4 is 16.2 Å². The van der Waals surface area contributed by atoms with Gasteiger partial charge in [0.05, 0.1) is 21.2 Å². The number of aromatic nitrogens is 1. The molecule has 2 aliphatic carbocycles. The van der Waals surface area contributed by atoms with E-state index in [0.717, 1.165) is 45.9 Å². The Bertz CT molecular complexity index is 920. The number of thiophene rings is 1. The molecule has 158 valence electrons. The van der Waals surface area contributed by atoms with E-state index in [9.17, 15) is 14.3 Å². The number of hydrogen-bond donors (Lipinski definition) is 4. The molecule has 0 spiro atoms. The second kappa shape index (κ2) is 8.22. The lowest BCUT2D eigenvalue weighted by Gasteiger charge is -2.17. The Hall–Kier alpha value is -1.68. The Balaban J connectivity index is 0.000000188. The summed E-state index contributed by atoms with van der Waals surface area (Å²) in [6, 6.07) is 1.31. The molecule has 0 aliphatic heterocycles. The molecule has 0 atom stereocenters. The first kappa shape index (κ1) is 22.0. The summed E-state index contributed by atoms with van der Waals surface area (Å²) in [7, 11) is 0. The average Bonchev–Trinajstić information content (AvgIpc) is 3.05. The number of nitrogens with one attached hydrogen (secondary N) is 1. The average molecular weight is 439 g/mol. The first-order chi connectivity index (χ1) is 13.5. The molecule has 0 radical (unpaired) electrons. The van der Waals surface area contributed by atoms with Crippen molar-refractivity contribution in [3.63, 3.8) is 0 Å². The van der Waals surface area contributed by atoms with Crippen molar-refractivity contribution >= 4 is 35.0 Å². The maximum atomic E-state index is 14.3. The molecule has 1 fully saturated rings. The van der Waals surface area contributed by atoms with Crippen LogP contribution in [0.25, 0.3) is 0 Å². The van der Waals surface area contributed by atoms with Gasteiger partial charge >= 0.3 is 6.03 Å². The van der Waals surface area contributed by atoms with E-state index in [2.05, 4.69) is 10.3 Å². The molecule has 0 saturated heterocycles. The Morgan fingerprint density at radius 3 is 2.59 bits per heavy atom. The maximum absolute atomic E-state index is 14.3. The van der Waals surface area contributed by atoms with Gasteiger partial charge in [0, 0.05) is 5.69 Å². The molecule has 9 heteroatoms. The van der Waals surface area contributed by atoms with Gasteiger partial charge in [0.15, 0.2) is 5.67 Å². The third kappa shape index (κ3) is 4.91. The number of pyridine rings is 1. The number of primary amides is 1. The van der Waals surface area contributed by atoms with Crippen LogP contribution in [0.15, 0.2) is 15.7 Å². The number of alkyl halides is 1. The van der Waals surface area contributed by atoms with Crippen LogP contribution >= 0.6 is 23.3 Å². The number of nitrogens with two attached hydrogens (primary N) is 2. The molecule has 0 bridgehead atoms. The lowest BCUT2D eigenvalue weighted by Crippen LogP contribution is -2.22. The number of aliphatic hydroxyl groups is 1. The summed E-state index contributed by atoms with van der Waals surface area (Å²) in [5.41, 5.74) is 7.95. The predicted molar refractivity (Wildman–Crippen MR) is 116 cm³/mol. The first-order valence-corrected chi connectivity index (χ1v) is 11.3. The van der Waals surface area contributed by atoms with Crippen molar-refractivity contribution in [2.24, 2.45) is 10.9 Å². The van der Waals surface area contributed by atoms with Gasteiger partial charge in [-0.2, -0.15) is 0 Å². The second-order valence-electron chi connectivity index (χ2n) is 8.03. The lowest BCUT2D eigenvalue weighted by atomic mass is 10.0. The summed E-state index contributed by atoms with van der Waals surface area (Å²) in [5.74, 6) is 0. The van der Waals surface area contributed by atoms with Crippen LogP contribution in [-0.4, -0.2) is 16.1 Å². The zero-order valence-electron chi connectivity index (χ0n) is 16.8. The van der Waals surface area contributed by atoms with E-state index < -0.39 is 17.3 Å². The lowest BCUT2D eigenvalue weighted by molar-refractivity contribution is 0.0789. The molecule has 1 saturated carbocycles. The molecule has 6 nitrogen and oxygen atoms in total. The molecule has 29 heavy (non-hydrogen) atoms. The van der Waals surface area contributed by atoms with Crippen LogP contribution in [0.5, 0.6) is 0 Å². The quantitative estimate of drug-likeness (QED) is 0.532. The number of carbonyl (C=O) groups excluding carboxylic acids is 1.